The maximum atomic E-state index is 13.0. The van der Waals surface area contributed by atoms with Crippen molar-refractivity contribution < 1.29 is 13.9 Å². The number of halogens is 2. The maximum absolute atomic E-state index is 13.0. The molecule has 2 aliphatic rings. The molecule has 0 atom stereocenters. The van der Waals surface area contributed by atoms with E-state index in [0.717, 1.165) is 31.5 Å². The molecule has 2 saturated heterocycles. The summed E-state index contributed by atoms with van der Waals surface area (Å²) in [5.74, 6) is -0.542. The second kappa shape index (κ2) is 6.18. The van der Waals surface area contributed by atoms with Crippen molar-refractivity contribution in [3.63, 3.8) is 0 Å². The van der Waals surface area contributed by atoms with E-state index in [1.807, 2.05) is 0 Å². The third-order valence-corrected chi connectivity index (χ3v) is 3.84. The Hall–Kier alpha value is -0.680. The number of rotatable bonds is 2. The topological polar surface area (TPSA) is 30.5 Å². The number of nitrogens with one attached hydrogen (secondary N) is 1. The molecular formula is C14H19ClFNO2. The largest absolute Gasteiger partial charge is 0.343 e. The quantitative estimate of drug-likeness (QED) is 0.906. The highest BCUT2D eigenvalue weighted by Crippen LogP contribution is 2.42. The zero-order valence-electron chi connectivity index (χ0n) is 10.7. The highest BCUT2D eigenvalue weighted by Gasteiger charge is 2.46. The van der Waals surface area contributed by atoms with Gasteiger partial charge in [-0.1, -0.05) is 12.1 Å². The molecule has 0 amide bonds. The molecule has 0 radical (unpaired) electrons. The Balaban J connectivity index is 0.00000133. The first-order valence-corrected chi connectivity index (χ1v) is 6.56. The van der Waals surface area contributed by atoms with Crippen molar-refractivity contribution in [3.05, 3.63) is 35.6 Å². The van der Waals surface area contributed by atoms with Crippen LogP contribution in [-0.2, 0) is 15.3 Å². The molecule has 106 valence electrons. The number of benzene rings is 1. The van der Waals surface area contributed by atoms with Crippen LogP contribution < -0.4 is 5.32 Å². The highest BCUT2D eigenvalue weighted by molar-refractivity contribution is 5.85. The molecule has 0 spiro atoms. The van der Waals surface area contributed by atoms with Crippen molar-refractivity contribution in [3.8, 4) is 0 Å². The summed E-state index contributed by atoms with van der Waals surface area (Å²) in [7, 11) is 0. The zero-order valence-corrected chi connectivity index (χ0v) is 11.5. The van der Waals surface area contributed by atoms with E-state index in [9.17, 15) is 4.39 Å². The van der Waals surface area contributed by atoms with Crippen LogP contribution in [0.2, 0.25) is 0 Å². The predicted octanol–water partition coefficient (Wildman–Crippen LogP) is 2.45. The Kier molecular flexibility index (Phi) is 4.79. The minimum absolute atomic E-state index is 0. The second-order valence-corrected chi connectivity index (χ2v) is 4.90. The van der Waals surface area contributed by atoms with E-state index >= 15 is 0 Å². The molecule has 19 heavy (non-hydrogen) atoms. The average Bonchev–Trinajstić information content (AvgIpc) is 2.91. The summed E-state index contributed by atoms with van der Waals surface area (Å²) in [5.41, 5.74) is 0.938. The van der Waals surface area contributed by atoms with Crippen molar-refractivity contribution in [2.45, 2.75) is 18.6 Å². The number of hydrogen-bond acceptors (Lipinski definition) is 3. The fraction of sp³-hybridized carbons (Fsp3) is 0.571. The molecule has 0 aliphatic carbocycles. The lowest BCUT2D eigenvalue weighted by molar-refractivity contribution is -0.210. The molecule has 1 N–H and O–H groups in total. The summed E-state index contributed by atoms with van der Waals surface area (Å²) in [6, 6.07) is 6.51. The fourth-order valence-corrected chi connectivity index (χ4v) is 2.95. The summed E-state index contributed by atoms with van der Waals surface area (Å²) in [4.78, 5) is 0. The van der Waals surface area contributed by atoms with Crippen molar-refractivity contribution in [2.75, 3.05) is 26.3 Å². The number of hydrogen-bond donors (Lipinski definition) is 1. The fourth-order valence-electron chi connectivity index (χ4n) is 2.95. The highest BCUT2D eigenvalue weighted by atomic mass is 35.5. The summed E-state index contributed by atoms with van der Waals surface area (Å²) in [6.45, 7) is 3.20. The van der Waals surface area contributed by atoms with Crippen LogP contribution in [0.3, 0.4) is 0 Å². The van der Waals surface area contributed by atoms with Crippen LogP contribution in [0.15, 0.2) is 24.3 Å². The van der Waals surface area contributed by atoms with Crippen LogP contribution in [0.1, 0.15) is 18.4 Å². The minimum atomic E-state index is -0.657. The van der Waals surface area contributed by atoms with Crippen LogP contribution >= 0.6 is 12.4 Å². The van der Waals surface area contributed by atoms with Crippen LogP contribution in [-0.4, -0.2) is 26.3 Å². The summed E-state index contributed by atoms with van der Waals surface area (Å²) in [5, 5.41) is 3.34. The smallest absolute Gasteiger partial charge is 0.197 e. The third kappa shape index (κ3) is 2.77. The van der Waals surface area contributed by atoms with E-state index in [4.69, 9.17) is 9.47 Å². The predicted molar refractivity (Wildman–Crippen MR) is 72.8 cm³/mol. The normalized spacial score (nSPS) is 23.0. The van der Waals surface area contributed by atoms with E-state index in [1.165, 1.54) is 12.1 Å². The SMILES string of the molecule is Cl.Fc1ccc(C2(C3CCNCC3)OCCO2)cc1. The van der Waals surface area contributed by atoms with Gasteiger partial charge in [0, 0.05) is 11.5 Å². The molecule has 2 aliphatic heterocycles. The first-order valence-electron chi connectivity index (χ1n) is 6.56. The van der Waals surface area contributed by atoms with Gasteiger partial charge in [-0.15, -0.1) is 12.4 Å². The van der Waals surface area contributed by atoms with E-state index in [0.29, 0.717) is 19.1 Å². The van der Waals surface area contributed by atoms with Gasteiger partial charge >= 0.3 is 0 Å². The van der Waals surface area contributed by atoms with Gasteiger partial charge in [-0.2, -0.15) is 0 Å². The molecule has 3 rings (SSSR count). The Labute approximate surface area is 118 Å². The molecule has 0 saturated carbocycles. The second-order valence-electron chi connectivity index (χ2n) is 4.90. The molecule has 1 aromatic carbocycles. The molecule has 2 fully saturated rings. The average molecular weight is 288 g/mol. The first kappa shape index (κ1) is 14.7. The molecule has 0 bridgehead atoms. The maximum Gasteiger partial charge on any atom is 0.197 e. The van der Waals surface area contributed by atoms with E-state index in [1.54, 1.807) is 12.1 Å². The molecule has 3 nitrogen and oxygen atoms in total. The minimum Gasteiger partial charge on any atom is -0.343 e. The Morgan fingerprint density at radius 3 is 2.21 bits per heavy atom. The van der Waals surface area contributed by atoms with Crippen LogP contribution in [0.25, 0.3) is 0 Å². The van der Waals surface area contributed by atoms with Crippen LogP contribution in [0.4, 0.5) is 4.39 Å². The van der Waals surface area contributed by atoms with Gasteiger partial charge in [-0.3, -0.25) is 0 Å². The standard InChI is InChI=1S/C14H18FNO2.ClH/c15-13-3-1-11(2-4-13)14(17-9-10-18-14)12-5-7-16-8-6-12;/h1-4,12,16H,5-10H2;1H. The van der Waals surface area contributed by atoms with Gasteiger partial charge in [0.2, 0.25) is 0 Å². The third-order valence-electron chi connectivity index (χ3n) is 3.84. The number of ether oxygens (including phenoxy) is 2. The van der Waals surface area contributed by atoms with Gasteiger partial charge in [0.1, 0.15) is 5.82 Å². The lowest BCUT2D eigenvalue weighted by Crippen LogP contribution is -2.42. The van der Waals surface area contributed by atoms with Crippen molar-refractivity contribution in [2.24, 2.45) is 5.92 Å². The summed E-state index contributed by atoms with van der Waals surface area (Å²) in [6.07, 6.45) is 2.05. The lowest BCUT2D eigenvalue weighted by Gasteiger charge is -2.38. The Morgan fingerprint density at radius 2 is 1.63 bits per heavy atom. The van der Waals surface area contributed by atoms with Crippen molar-refractivity contribution >= 4 is 12.4 Å². The van der Waals surface area contributed by atoms with Gasteiger partial charge in [-0.05, 0) is 38.1 Å². The van der Waals surface area contributed by atoms with E-state index in [2.05, 4.69) is 5.32 Å². The monoisotopic (exact) mass is 287 g/mol. The molecule has 1 aromatic rings. The summed E-state index contributed by atoms with van der Waals surface area (Å²) >= 11 is 0. The van der Waals surface area contributed by atoms with E-state index in [-0.39, 0.29) is 18.2 Å². The molecular weight excluding hydrogens is 269 g/mol. The Bertz CT molecular complexity index is 400. The van der Waals surface area contributed by atoms with Gasteiger partial charge in [0.25, 0.3) is 0 Å². The first-order chi connectivity index (χ1) is 8.81. The number of piperidine rings is 1. The van der Waals surface area contributed by atoms with Gasteiger partial charge < -0.3 is 14.8 Å². The molecule has 0 aromatic heterocycles. The molecule has 0 unspecified atom stereocenters. The Morgan fingerprint density at radius 1 is 1.05 bits per heavy atom. The lowest BCUT2D eigenvalue weighted by atomic mass is 9.84. The van der Waals surface area contributed by atoms with E-state index < -0.39 is 5.79 Å². The van der Waals surface area contributed by atoms with Crippen LogP contribution in [0, 0.1) is 11.7 Å². The van der Waals surface area contributed by atoms with Gasteiger partial charge in [0.05, 0.1) is 13.2 Å². The van der Waals surface area contributed by atoms with Crippen molar-refractivity contribution in [1.29, 1.82) is 0 Å². The van der Waals surface area contributed by atoms with Gasteiger partial charge in [0.15, 0.2) is 5.79 Å². The molecule has 5 heteroatoms. The van der Waals surface area contributed by atoms with Gasteiger partial charge in [-0.25, -0.2) is 4.39 Å². The van der Waals surface area contributed by atoms with Crippen molar-refractivity contribution in [1.82, 2.24) is 5.32 Å². The summed E-state index contributed by atoms with van der Waals surface area (Å²) < 4.78 is 24.9. The van der Waals surface area contributed by atoms with Crippen LogP contribution in [0.5, 0.6) is 0 Å². The zero-order chi connectivity index (χ0) is 12.4. The molecule has 2 heterocycles.